The van der Waals surface area contributed by atoms with Crippen molar-refractivity contribution in [3.05, 3.63) is 32.8 Å². The molecule has 0 fully saturated rings. The summed E-state index contributed by atoms with van der Waals surface area (Å²) >= 11 is 0. The molecule has 1 aromatic heterocycles. The smallest absolute Gasteiger partial charge is 0.265 e. The zero-order chi connectivity index (χ0) is 12.1. The third-order valence-corrected chi connectivity index (χ3v) is 2.21. The van der Waals surface area contributed by atoms with E-state index in [9.17, 15) is 14.4 Å². The van der Waals surface area contributed by atoms with Gasteiger partial charge in [0.2, 0.25) is 5.91 Å². The molecule has 6 nitrogen and oxygen atoms in total. The van der Waals surface area contributed by atoms with E-state index in [2.05, 4.69) is 10.4 Å². The number of hydrogen-bond donors (Lipinski definition) is 2. The Bertz CT molecular complexity index is 475. The Hall–Kier alpha value is -1.85. The molecule has 0 spiro atoms. The highest BCUT2D eigenvalue weighted by atomic mass is 16.2. The summed E-state index contributed by atoms with van der Waals surface area (Å²) < 4.78 is 0.986. The predicted octanol–water partition coefficient (Wildman–Crippen LogP) is -0.549. The number of nitrogens with one attached hydrogen (secondary N) is 2. The van der Waals surface area contributed by atoms with Crippen LogP contribution in [0.2, 0.25) is 0 Å². The molecule has 1 aromatic rings. The fraction of sp³-hybridized carbons (Fsp3) is 0.500. The first-order valence-electron chi connectivity index (χ1n) is 5.12. The summed E-state index contributed by atoms with van der Waals surface area (Å²) in [6, 6.07) is 2.32. The third-order valence-electron chi connectivity index (χ3n) is 2.21. The first kappa shape index (κ1) is 12.2. The molecule has 1 heterocycles. The molecule has 0 radical (unpaired) electrons. The second-order valence-electron chi connectivity index (χ2n) is 3.61. The van der Waals surface area contributed by atoms with Crippen molar-refractivity contribution in [3.63, 3.8) is 0 Å². The van der Waals surface area contributed by atoms with Crippen LogP contribution in [0.4, 0.5) is 0 Å². The molecule has 2 N–H and O–H groups in total. The lowest BCUT2D eigenvalue weighted by atomic mass is 10.2. The van der Waals surface area contributed by atoms with Crippen molar-refractivity contribution in [2.24, 2.45) is 0 Å². The van der Waals surface area contributed by atoms with Gasteiger partial charge < -0.3 is 5.32 Å². The SMILES string of the molecule is CC[C@H](C)NC(=O)Cn1[nH]c(=O)ccc1=O. The highest BCUT2D eigenvalue weighted by Gasteiger charge is 2.07. The van der Waals surface area contributed by atoms with Crippen LogP contribution >= 0.6 is 0 Å². The Balaban J connectivity index is 2.73. The van der Waals surface area contributed by atoms with E-state index < -0.39 is 11.1 Å². The summed E-state index contributed by atoms with van der Waals surface area (Å²) in [7, 11) is 0. The summed E-state index contributed by atoms with van der Waals surface area (Å²) in [5.74, 6) is -0.293. The summed E-state index contributed by atoms with van der Waals surface area (Å²) in [5, 5.41) is 4.99. The normalized spacial score (nSPS) is 12.1. The second kappa shape index (κ2) is 5.29. The highest BCUT2D eigenvalue weighted by Crippen LogP contribution is 1.87. The van der Waals surface area contributed by atoms with Gasteiger partial charge in [-0.25, -0.2) is 4.68 Å². The van der Waals surface area contributed by atoms with Crippen molar-refractivity contribution < 1.29 is 4.79 Å². The first-order valence-corrected chi connectivity index (χ1v) is 5.12. The average molecular weight is 225 g/mol. The first-order chi connectivity index (χ1) is 7.52. The fourth-order valence-electron chi connectivity index (χ4n) is 1.15. The molecule has 0 unspecified atom stereocenters. The van der Waals surface area contributed by atoms with E-state index in [0.717, 1.165) is 23.2 Å². The molecule has 0 aliphatic heterocycles. The molecule has 0 aromatic carbocycles. The molecule has 1 atom stereocenters. The number of carbonyl (C=O) groups excluding carboxylic acids is 1. The molecule has 6 heteroatoms. The van der Waals surface area contributed by atoms with Gasteiger partial charge in [-0.2, -0.15) is 0 Å². The fourth-order valence-corrected chi connectivity index (χ4v) is 1.15. The zero-order valence-corrected chi connectivity index (χ0v) is 9.32. The van der Waals surface area contributed by atoms with E-state index in [0.29, 0.717) is 0 Å². The summed E-state index contributed by atoms with van der Waals surface area (Å²) in [6.07, 6.45) is 0.811. The standard InChI is InChI=1S/C10H15N3O3/c1-3-7(2)11-9(15)6-13-10(16)5-4-8(14)12-13/h4-5,7H,3,6H2,1-2H3,(H,11,15)(H,12,14)/t7-/m0/s1. The van der Waals surface area contributed by atoms with Crippen molar-refractivity contribution in [2.75, 3.05) is 0 Å². The van der Waals surface area contributed by atoms with E-state index in [1.54, 1.807) is 0 Å². The van der Waals surface area contributed by atoms with Crippen molar-refractivity contribution in [3.8, 4) is 0 Å². The van der Waals surface area contributed by atoms with Crippen molar-refractivity contribution >= 4 is 5.91 Å². The van der Waals surface area contributed by atoms with E-state index in [4.69, 9.17) is 0 Å². The third kappa shape index (κ3) is 3.38. The molecule has 0 aliphatic rings. The van der Waals surface area contributed by atoms with Crippen LogP contribution in [0.25, 0.3) is 0 Å². The lowest BCUT2D eigenvalue weighted by Gasteiger charge is -2.11. The molecule has 0 saturated heterocycles. The zero-order valence-electron chi connectivity index (χ0n) is 9.32. The lowest BCUT2D eigenvalue weighted by molar-refractivity contribution is -0.122. The minimum Gasteiger partial charge on any atom is -0.352 e. The maximum absolute atomic E-state index is 11.5. The Morgan fingerprint density at radius 2 is 2.19 bits per heavy atom. The van der Waals surface area contributed by atoms with E-state index in [1.807, 2.05) is 13.8 Å². The van der Waals surface area contributed by atoms with Gasteiger partial charge in [-0.05, 0) is 13.3 Å². The topological polar surface area (TPSA) is 84.0 Å². The maximum Gasteiger partial charge on any atom is 0.265 e. The number of H-pyrrole nitrogens is 1. The van der Waals surface area contributed by atoms with Gasteiger partial charge >= 0.3 is 0 Å². The minimum absolute atomic E-state index is 0.0543. The van der Waals surface area contributed by atoms with E-state index >= 15 is 0 Å². The maximum atomic E-state index is 11.5. The summed E-state index contributed by atoms with van der Waals surface area (Å²) in [6.45, 7) is 3.65. The molecule has 16 heavy (non-hydrogen) atoms. The number of nitrogens with zero attached hydrogens (tertiary/aromatic N) is 1. The summed E-state index contributed by atoms with van der Waals surface area (Å²) in [5.41, 5.74) is -0.810. The Morgan fingerprint density at radius 3 is 2.81 bits per heavy atom. The van der Waals surface area contributed by atoms with Crippen LogP contribution in [0.1, 0.15) is 20.3 Å². The van der Waals surface area contributed by atoms with Crippen LogP contribution in [-0.4, -0.2) is 21.7 Å². The minimum atomic E-state index is -0.407. The largest absolute Gasteiger partial charge is 0.352 e. The predicted molar refractivity (Wildman–Crippen MR) is 59.2 cm³/mol. The summed E-state index contributed by atoms with van der Waals surface area (Å²) in [4.78, 5) is 33.7. The van der Waals surface area contributed by atoms with E-state index in [-0.39, 0.29) is 18.5 Å². The highest BCUT2D eigenvalue weighted by molar-refractivity contribution is 5.75. The molecule has 0 saturated carbocycles. The molecule has 88 valence electrons. The van der Waals surface area contributed by atoms with Gasteiger partial charge in [0.15, 0.2) is 0 Å². The number of aromatic amines is 1. The molecule has 1 rings (SSSR count). The molecular formula is C10H15N3O3. The number of aromatic nitrogens is 2. The molecule has 0 aliphatic carbocycles. The number of carbonyl (C=O) groups is 1. The Kier molecular flexibility index (Phi) is 4.04. The van der Waals surface area contributed by atoms with Crippen LogP contribution < -0.4 is 16.4 Å². The molecule has 1 amide bonds. The Labute approximate surface area is 92.3 Å². The van der Waals surface area contributed by atoms with Gasteiger partial charge in [0, 0.05) is 18.2 Å². The van der Waals surface area contributed by atoms with Crippen LogP contribution in [-0.2, 0) is 11.3 Å². The number of rotatable bonds is 4. The van der Waals surface area contributed by atoms with Crippen LogP contribution in [0.5, 0.6) is 0 Å². The van der Waals surface area contributed by atoms with Gasteiger partial charge in [0.25, 0.3) is 11.1 Å². The Morgan fingerprint density at radius 1 is 1.50 bits per heavy atom. The van der Waals surface area contributed by atoms with Gasteiger partial charge in [-0.15, -0.1) is 0 Å². The number of hydrogen-bond acceptors (Lipinski definition) is 3. The monoisotopic (exact) mass is 225 g/mol. The van der Waals surface area contributed by atoms with Crippen molar-refractivity contribution in [1.82, 2.24) is 15.1 Å². The lowest BCUT2D eigenvalue weighted by Crippen LogP contribution is -2.39. The number of amides is 1. The van der Waals surface area contributed by atoms with Gasteiger partial charge in [0.1, 0.15) is 6.54 Å². The quantitative estimate of drug-likeness (QED) is 0.721. The van der Waals surface area contributed by atoms with Crippen molar-refractivity contribution in [2.45, 2.75) is 32.9 Å². The molecular weight excluding hydrogens is 210 g/mol. The van der Waals surface area contributed by atoms with Crippen LogP contribution in [0, 0.1) is 0 Å². The van der Waals surface area contributed by atoms with Crippen LogP contribution in [0.15, 0.2) is 21.7 Å². The van der Waals surface area contributed by atoms with E-state index in [1.165, 1.54) is 0 Å². The molecule has 0 bridgehead atoms. The average Bonchev–Trinajstić information content (AvgIpc) is 2.23. The van der Waals surface area contributed by atoms with Gasteiger partial charge in [-0.3, -0.25) is 19.5 Å². The second-order valence-corrected chi connectivity index (χ2v) is 3.61. The van der Waals surface area contributed by atoms with Crippen molar-refractivity contribution in [1.29, 1.82) is 0 Å². The van der Waals surface area contributed by atoms with Gasteiger partial charge in [-0.1, -0.05) is 6.92 Å². The van der Waals surface area contributed by atoms with Crippen LogP contribution in [0.3, 0.4) is 0 Å². The van der Waals surface area contributed by atoms with Gasteiger partial charge in [0.05, 0.1) is 0 Å².